The van der Waals surface area contributed by atoms with Gasteiger partial charge in [-0.25, -0.2) is 0 Å². The summed E-state index contributed by atoms with van der Waals surface area (Å²) in [6, 6.07) is 4.39. The number of hydrogen-bond donors (Lipinski definition) is 1. The molecule has 120 valence electrons. The van der Waals surface area contributed by atoms with E-state index >= 15 is 0 Å². The maximum Gasteiger partial charge on any atom is 0.188 e. The molecule has 1 aliphatic heterocycles. The Morgan fingerprint density at radius 2 is 2.32 bits per heavy atom. The Morgan fingerprint density at radius 1 is 1.41 bits per heavy atom. The Kier molecular flexibility index (Phi) is 5.17. The molecule has 0 amide bonds. The zero-order chi connectivity index (χ0) is 15.4. The normalized spacial score (nSPS) is 21.6. The molecular weight excluding hydrogens is 298 g/mol. The number of tetrazole rings is 1. The third-order valence-electron chi connectivity index (χ3n) is 4.26. The third kappa shape index (κ3) is 3.91. The van der Waals surface area contributed by atoms with Crippen molar-refractivity contribution in [1.29, 1.82) is 0 Å². The topological polar surface area (TPSA) is 67.1 Å². The minimum absolute atomic E-state index is 0.375. The molecule has 3 rings (SSSR count). The van der Waals surface area contributed by atoms with Crippen LogP contribution in [0.1, 0.15) is 48.9 Å². The molecule has 0 bridgehead atoms. The summed E-state index contributed by atoms with van der Waals surface area (Å²) in [4.78, 5) is 4.98. The summed E-state index contributed by atoms with van der Waals surface area (Å²) in [5.41, 5.74) is 0. The van der Waals surface area contributed by atoms with Gasteiger partial charge in [0.05, 0.1) is 19.7 Å². The minimum Gasteiger partial charge on any atom is -0.388 e. The van der Waals surface area contributed by atoms with E-state index in [-0.39, 0.29) is 6.10 Å². The van der Waals surface area contributed by atoms with Gasteiger partial charge in [0.15, 0.2) is 5.82 Å². The fraction of sp³-hybridized carbons (Fsp3) is 0.667. The van der Waals surface area contributed by atoms with Gasteiger partial charge in [0.25, 0.3) is 0 Å². The first kappa shape index (κ1) is 15.6. The Morgan fingerprint density at radius 3 is 3.05 bits per heavy atom. The first-order chi connectivity index (χ1) is 10.7. The SMILES string of the molecule is Cn1nnc(CN2CCCCC[C@@H]2C[C@@H](O)c2cccs2)n1. The molecule has 3 heterocycles. The summed E-state index contributed by atoms with van der Waals surface area (Å²) in [7, 11) is 1.79. The molecule has 0 spiro atoms. The lowest BCUT2D eigenvalue weighted by molar-refractivity contribution is 0.0980. The lowest BCUT2D eigenvalue weighted by Gasteiger charge is -2.30. The predicted octanol–water partition coefficient (Wildman–Crippen LogP) is 2.14. The van der Waals surface area contributed by atoms with Crippen molar-refractivity contribution in [2.45, 2.75) is 50.8 Å². The number of aryl methyl sites for hydroxylation is 1. The van der Waals surface area contributed by atoms with Crippen LogP contribution in [0.25, 0.3) is 0 Å². The first-order valence-electron chi connectivity index (χ1n) is 7.91. The summed E-state index contributed by atoms with van der Waals surface area (Å²) < 4.78 is 0. The molecule has 6 nitrogen and oxygen atoms in total. The monoisotopic (exact) mass is 321 g/mol. The highest BCUT2D eigenvalue weighted by molar-refractivity contribution is 7.10. The lowest BCUT2D eigenvalue weighted by Crippen LogP contribution is -2.36. The highest BCUT2D eigenvalue weighted by atomic mass is 32.1. The van der Waals surface area contributed by atoms with Gasteiger partial charge in [0.1, 0.15) is 0 Å². The van der Waals surface area contributed by atoms with Crippen molar-refractivity contribution in [3.63, 3.8) is 0 Å². The van der Waals surface area contributed by atoms with Crippen LogP contribution in [0.2, 0.25) is 0 Å². The second kappa shape index (κ2) is 7.30. The van der Waals surface area contributed by atoms with Crippen molar-refractivity contribution in [3.05, 3.63) is 28.2 Å². The van der Waals surface area contributed by atoms with Crippen molar-refractivity contribution in [2.75, 3.05) is 6.54 Å². The molecule has 1 fully saturated rings. The van der Waals surface area contributed by atoms with Gasteiger partial charge in [-0.3, -0.25) is 4.90 Å². The van der Waals surface area contributed by atoms with Crippen molar-refractivity contribution in [3.8, 4) is 0 Å². The van der Waals surface area contributed by atoms with Crippen LogP contribution < -0.4 is 0 Å². The molecule has 22 heavy (non-hydrogen) atoms. The van der Waals surface area contributed by atoms with E-state index in [0.717, 1.165) is 36.6 Å². The van der Waals surface area contributed by atoms with Crippen molar-refractivity contribution >= 4 is 11.3 Å². The molecule has 0 unspecified atom stereocenters. The summed E-state index contributed by atoms with van der Waals surface area (Å²) in [6.07, 6.45) is 5.22. The summed E-state index contributed by atoms with van der Waals surface area (Å²) in [6.45, 7) is 1.76. The van der Waals surface area contributed by atoms with Crippen molar-refractivity contribution in [1.82, 2.24) is 25.1 Å². The zero-order valence-electron chi connectivity index (χ0n) is 12.9. The van der Waals surface area contributed by atoms with E-state index in [9.17, 15) is 5.11 Å². The maximum absolute atomic E-state index is 10.5. The van der Waals surface area contributed by atoms with Crippen LogP contribution in [0, 0.1) is 0 Å². The van der Waals surface area contributed by atoms with E-state index < -0.39 is 0 Å². The van der Waals surface area contributed by atoms with Crippen molar-refractivity contribution in [2.24, 2.45) is 7.05 Å². The van der Waals surface area contributed by atoms with Crippen LogP contribution in [-0.2, 0) is 13.6 Å². The van der Waals surface area contributed by atoms with Gasteiger partial charge in [-0.05, 0) is 42.5 Å². The largest absolute Gasteiger partial charge is 0.388 e. The number of hydrogen-bond acceptors (Lipinski definition) is 6. The average Bonchev–Trinajstić information content (AvgIpc) is 3.12. The number of nitrogens with zero attached hydrogens (tertiary/aromatic N) is 5. The van der Waals surface area contributed by atoms with Crippen LogP contribution in [0.4, 0.5) is 0 Å². The number of aromatic nitrogens is 4. The fourth-order valence-electron chi connectivity index (χ4n) is 3.13. The fourth-order valence-corrected chi connectivity index (χ4v) is 3.86. The molecule has 0 aliphatic carbocycles. The quantitative estimate of drug-likeness (QED) is 0.914. The Balaban J connectivity index is 1.67. The molecule has 2 aromatic rings. The van der Waals surface area contributed by atoms with Crippen molar-refractivity contribution < 1.29 is 5.11 Å². The summed E-state index contributed by atoms with van der Waals surface area (Å²) >= 11 is 1.63. The number of likely N-dealkylation sites (tertiary alicyclic amines) is 1. The van der Waals surface area contributed by atoms with E-state index in [1.54, 1.807) is 18.4 Å². The van der Waals surface area contributed by atoms with Crippen LogP contribution in [0.3, 0.4) is 0 Å². The number of rotatable bonds is 5. The molecule has 1 aliphatic rings. The van der Waals surface area contributed by atoms with Gasteiger partial charge < -0.3 is 5.11 Å². The number of aliphatic hydroxyl groups excluding tert-OH is 1. The highest BCUT2D eigenvalue weighted by Gasteiger charge is 2.25. The third-order valence-corrected chi connectivity index (χ3v) is 5.23. The predicted molar refractivity (Wildman–Crippen MR) is 85.4 cm³/mol. The van der Waals surface area contributed by atoms with Crippen LogP contribution in [0.15, 0.2) is 17.5 Å². The molecule has 1 saturated heterocycles. The summed E-state index contributed by atoms with van der Waals surface area (Å²) in [5, 5.41) is 24.8. The van der Waals surface area contributed by atoms with E-state index in [4.69, 9.17) is 0 Å². The van der Waals surface area contributed by atoms with Gasteiger partial charge >= 0.3 is 0 Å². The van der Waals surface area contributed by atoms with E-state index in [1.807, 2.05) is 17.5 Å². The summed E-state index contributed by atoms with van der Waals surface area (Å²) in [5.74, 6) is 0.764. The lowest BCUT2D eigenvalue weighted by atomic mass is 10.0. The van der Waals surface area contributed by atoms with Gasteiger partial charge in [0.2, 0.25) is 0 Å². The van der Waals surface area contributed by atoms with E-state index in [1.165, 1.54) is 24.1 Å². The highest BCUT2D eigenvalue weighted by Crippen LogP contribution is 2.29. The van der Waals surface area contributed by atoms with Crippen LogP contribution in [-0.4, -0.2) is 42.8 Å². The second-order valence-corrected chi connectivity index (χ2v) is 6.91. The van der Waals surface area contributed by atoms with Crippen LogP contribution >= 0.6 is 11.3 Å². The average molecular weight is 321 g/mol. The first-order valence-corrected chi connectivity index (χ1v) is 8.79. The van der Waals surface area contributed by atoms with Crippen LogP contribution in [0.5, 0.6) is 0 Å². The Hall–Kier alpha value is -1.31. The molecule has 2 atom stereocenters. The molecule has 0 radical (unpaired) electrons. The number of thiophene rings is 1. The maximum atomic E-state index is 10.5. The Bertz CT molecular complexity index is 570. The van der Waals surface area contributed by atoms with E-state index in [0.29, 0.717) is 6.04 Å². The minimum atomic E-state index is -0.375. The molecular formula is C15H23N5OS. The number of aliphatic hydroxyl groups is 1. The van der Waals surface area contributed by atoms with Gasteiger partial charge in [-0.1, -0.05) is 18.9 Å². The second-order valence-electron chi connectivity index (χ2n) is 5.94. The van der Waals surface area contributed by atoms with E-state index in [2.05, 4.69) is 20.3 Å². The molecule has 2 aromatic heterocycles. The molecule has 0 saturated carbocycles. The zero-order valence-corrected chi connectivity index (χ0v) is 13.7. The molecule has 1 N–H and O–H groups in total. The smallest absolute Gasteiger partial charge is 0.188 e. The van der Waals surface area contributed by atoms with Gasteiger partial charge in [-0.15, -0.1) is 21.5 Å². The standard InChI is InChI=1S/C15H23N5OS/c1-19-17-15(16-18-19)11-20-8-4-2-3-6-12(20)10-13(21)14-7-5-9-22-14/h5,7,9,12-13,21H,2-4,6,8,10-11H2,1H3/t12-,13-/m1/s1. The van der Waals surface area contributed by atoms with Gasteiger partial charge in [-0.2, -0.15) is 4.80 Å². The molecule has 0 aromatic carbocycles. The van der Waals surface area contributed by atoms with Gasteiger partial charge in [0, 0.05) is 10.9 Å². The molecule has 7 heteroatoms. The Labute approximate surface area is 134 Å².